The van der Waals surface area contributed by atoms with Crippen LogP contribution in [0.25, 0.3) is 23.5 Å². The zero-order chi connectivity index (χ0) is 22.9. The van der Waals surface area contributed by atoms with Crippen LogP contribution >= 0.6 is 0 Å². The van der Waals surface area contributed by atoms with Gasteiger partial charge in [-0.2, -0.15) is 9.78 Å². The summed E-state index contributed by atoms with van der Waals surface area (Å²) in [5.74, 6) is 1.89. The fourth-order valence-electron chi connectivity index (χ4n) is 3.26. The number of aromatic amines is 1. The molecule has 0 atom stereocenters. The zero-order valence-electron chi connectivity index (χ0n) is 17.8. The van der Waals surface area contributed by atoms with Gasteiger partial charge in [0.15, 0.2) is 17.3 Å². The molecule has 0 saturated carbocycles. The molecule has 0 unspecified atom stereocenters. The molecule has 2 N–H and O–H groups in total. The van der Waals surface area contributed by atoms with Crippen LogP contribution in [0.5, 0.6) is 11.5 Å². The predicted octanol–water partition coefficient (Wildman–Crippen LogP) is 3.21. The van der Waals surface area contributed by atoms with E-state index in [1.165, 1.54) is 17.0 Å². The summed E-state index contributed by atoms with van der Waals surface area (Å²) in [6.07, 6.45) is 4.57. The third kappa shape index (κ3) is 4.01. The van der Waals surface area contributed by atoms with E-state index in [-0.39, 0.29) is 18.3 Å². The molecule has 0 radical (unpaired) electrons. The molecule has 1 aromatic carbocycles. The van der Waals surface area contributed by atoms with Crippen molar-refractivity contribution in [3.63, 3.8) is 0 Å². The van der Waals surface area contributed by atoms with Gasteiger partial charge in [-0.3, -0.25) is 14.6 Å². The van der Waals surface area contributed by atoms with E-state index < -0.39 is 5.91 Å². The molecule has 4 heterocycles. The minimum absolute atomic E-state index is 0.177. The van der Waals surface area contributed by atoms with E-state index >= 15 is 0 Å². The molecule has 3 aromatic heterocycles. The first-order valence-corrected chi connectivity index (χ1v) is 10.1. The molecule has 1 amide bonds. The topological polar surface area (TPSA) is 124 Å². The van der Waals surface area contributed by atoms with Crippen LogP contribution in [-0.4, -0.2) is 32.4 Å². The quantitative estimate of drug-likeness (QED) is 0.452. The summed E-state index contributed by atoms with van der Waals surface area (Å²) in [4.78, 5) is 32.1. The van der Waals surface area contributed by atoms with E-state index in [4.69, 9.17) is 13.9 Å². The van der Waals surface area contributed by atoms with Crippen LogP contribution < -0.4 is 20.3 Å². The standard InChI is InChI=1S/C23H19N5O5/c1-13-14(2)24-23(26-22(13)30)28-20(11-16(27-28)17-4-3-9-31-17)25-21(29)8-6-15-5-7-18-19(10-15)33-12-32-18/h3-11H,12H2,1-2H3,(H,25,29)(H,24,26,30). The van der Waals surface area contributed by atoms with Crippen molar-refractivity contribution in [1.82, 2.24) is 19.7 Å². The van der Waals surface area contributed by atoms with Crippen LogP contribution in [-0.2, 0) is 4.79 Å². The molecule has 10 heteroatoms. The fraction of sp³-hybridized carbons (Fsp3) is 0.130. The van der Waals surface area contributed by atoms with Gasteiger partial charge in [-0.15, -0.1) is 0 Å². The Labute approximate surface area is 187 Å². The van der Waals surface area contributed by atoms with Gasteiger partial charge < -0.3 is 19.2 Å². The summed E-state index contributed by atoms with van der Waals surface area (Å²) in [5, 5.41) is 7.25. The number of carbonyl (C=O) groups is 1. The maximum Gasteiger partial charge on any atom is 0.255 e. The molecule has 0 bridgehead atoms. The smallest absolute Gasteiger partial charge is 0.255 e. The second kappa shape index (κ2) is 8.15. The Balaban J connectivity index is 1.45. The number of H-pyrrole nitrogens is 1. The van der Waals surface area contributed by atoms with Gasteiger partial charge in [0.25, 0.3) is 5.56 Å². The largest absolute Gasteiger partial charge is 0.463 e. The van der Waals surface area contributed by atoms with Gasteiger partial charge in [-0.25, -0.2) is 4.98 Å². The third-order valence-electron chi connectivity index (χ3n) is 5.14. The number of rotatable bonds is 5. The Hall–Kier alpha value is -4.60. The molecule has 1 aliphatic rings. The Morgan fingerprint density at radius 1 is 1.18 bits per heavy atom. The lowest BCUT2D eigenvalue weighted by Crippen LogP contribution is -2.20. The summed E-state index contributed by atoms with van der Waals surface area (Å²) in [5.41, 5.74) is 2.03. The molecule has 10 nitrogen and oxygen atoms in total. The van der Waals surface area contributed by atoms with E-state index in [1.807, 2.05) is 6.07 Å². The normalized spacial score (nSPS) is 12.4. The van der Waals surface area contributed by atoms with Crippen molar-refractivity contribution in [1.29, 1.82) is 0 Å². The highest BCUT2D eigenvalue weighted by Crippen LogP contribution is 2.32. The maximum absolute atomic E-state index is 12.7. The van der Waals surface area contributed by atoms with E-state index in [0.29, 0.717) is 40.0 Å². The molecule has 166 valence electrons. The number of amides is 1. The number of nitrogens with one attached hydrogen (secondary N) is 2. The van der Waals surface area contributed by atoms with Crippen molar-refractivity contribution in [2.45, 2.75) is 13.8 Å². The van der Waals surface area contributed by atoms with Crippen LogP contribution in [0.4, 0.5) is 5.82 Å². The molecular formula is C23H19N5O5. The highest BCUT2D eigenvalue weighted by molar-refractivity contribution is 6.01. The van der Waals surface area contributed by atoms with Crippen LogP contribution in [0.2, 0.25) is 0 Å². The molecule has 1 aliphatic heterocycles. The molecular weight excluding hydrogens is 426 g/mol. The lowest BCUT2D eigenvalue weighted by molar-refractivity contribution is -0.111. The van der Waals surface area contributed by atoms with Gasteiger partial charge in [0, 0.05) is 23.4 Å². The minimum atomic E-state index is -0.397. The monoisotopic (exact) mass is 445 g/mol. The Morgan fingerprint density at radius 2 is 2.03 bits per heavy atom. The summed E-state index contributed by atoms with van der Waals surface area (Å²) in [6.45, 7) is 3.60. The zero-order valence-corrected chi connectivity index (χ0v) is 17.8. The van der Waals surface area contributed by atoms with E-state index in [9.17, 15) is 9.59 Å². The van der Waals surface area contributed by atoms with E-state index in [0.717, 1.165) is 5.56 Å². The summed E-state index contributed by atoms with van der Waals surface area (Å²) in [6, 6.07) is 10.5. The van der Waals surface area contributed by atoms with Crippen molar-refractivity contribution in [2.24, 2.45) is 0 Å². The van der Waals surface area contributed by atoms with Crippen LogP contribution in [0.15, 0.2) is 57.9 Å². The molecule has 4 aromatic rings. The number of hydrogen-bond acceptors (Lipinski definition) is 7. The van der Waals surface area contributed by atoms with Gasteiger partial charge in [-0.1, -0.05) is 6.07 Å². The van der Waals surface area contributed by atoms with Gasteiger partial charge in [0.1, 0.15) is 11.5 Å². The lowest BCUT2D eigenvalue weighted by atomic mass is 10.2. The number of ether oxygens (including phenoxy) is 2. The molecule has 5 rings (SSSR count). The molecule has 0 saturated heterocycles. The van der Waals surface area contributed by atoms with Crippen molar-refractivity contribution in [2.75, 3.05) is 12.1 Å². The van der Waals surface area contributed by atoms with Gasteiger partial charge >= 0.3 is 0 Å². The lowest BCUT2D eigenvalue weighted by Gasteiger charge is -2.08. The Bertz CT molecular complexity index is 1430. The average molecular weight is 445 g/mol. The SMILES string of the molecule is Cc1nc(-n2nc(-c3ccco3)cc2NC(=O)C=Cc2ccc3c(c2)OCO3)[nH]c(=O)c1C. The number of aryl methyl sites for hydroxylation is 1. The number of anilines is 1. The summed E-state index contributed by atoms with van der Waals surface area (Å²) >= 11 is 0. The van der Waals surface area contributed by atoms with Gasteiger partial charge in [0.05, 0.1) is 6.26 Å². The second-order valence-electron chi connectivity index (χ2n) is 7.34. The first-order valence-electron chi connectivity index (χ1n) is 10.1. The first-order chi connectivity index (χ1) is 16.0. The van der Waals surface area contributed by atoms with Crippen molar-refractivity contribution in [3.8, 4) is 28.9 Å². The number of carbonyl (C=O) groups excluding carboxylic acids is 1. The predicted molar refractivity (Wildman–Crippen MR) is 119 cm³/mol. The number of aromatic nitrogens is 4. The van der Waals surface area contributed by atoms with Crippen LogP contribution in [0, 0.1) is 13.8 Å². The van der Waals surface area contributed by atoms with Crippen molar-refractivity contribution >= 4 is 17.8 Å². The third-order valence-corrected chi connectivity index (χ3v) is 5.14. The van der Waals surface area contributed by atoms with Crippen molar-refractivity contribution < 1.29 is 18.7 Å². The molecule has 0 spiro atoms. The molecule has 33 heavy (non-hydrogen) atoms. The Morgan fingerprint density at radius 3 is 2.82 bits per heavy atom. The van der Waals surface area contributed by atoms with E-state index in [2.05, 4.69) is 20.4 Å². The van der Waals surface area contributed by atoms with Gasteiger partial charge in [-0.05, 0) is 49.8 Å². The number of benzene rings is 1. The first kappa shape index (κ1) is 20.3. The number of hydrogen-bond donors (Lipinski definition) is 2. The fourth-order valence-corrected chi connectivity index (χ4v) is 3.26. The summed E-state index contributed by atoms with van der Waals surface area (Å²) < 4.78 is 17.4. The highest BCUT2D eigenvalue weighted by Gasteiger charge is 2.17. The van der Waals surface area contributed by atoms with Crippen LogP contribution in [0.3, 0.4) is 0 Å². The van der Waals surface area contributed by atoms with Crippen molar-refractivity contribution in [3.05, 3.63) is 75.9 Å². The number of fused-ring (bicyclic) bond motifs is 1. The summed E-state index contributed by atoms with van der Waals surface area (Å²) in [7, 11) is 0. The van der Waals surface area contributed by atoms with Crippen LogP contribution in [0.1, 0.15) is 16.8 Å². The van der Waals surface area contributed by atoms with Gasteiger partial charge in [0.2, 0.25) is 18.6 Å². The Kier molecular flexibility index (Phi) is 5.02. The minimum Gasteiger partial charge on any atom is -0.463 e. The highest BCUT2D eigenvalue weighted by atomic mass is 16.7. The second-order valence-corrected chi connectivity index (χ2v) is 7.34. The maximum atomic E-state index is 12.7. The number of nitrogens with zero attached hydrogens (tertiary/aromatic N) is 3. The van der Waals surface area contributed by atoms with E-state index in [1.54, 1.807) is 50.3 Å². The average Bonchev–Trinajstić information content (AvgIpc) is 3.56. The molecule has 0 fully saturated rings. The molecule has 0 aliphatic carbocycles. The number of furan rings is 1.